The second-order valence-corrected chi connectivity index (χ2v) is 10.3. The largest absolute Gasteiger partial charge is 0.494 e. The number of benzene rings is 2. The van der Waals surface area contributed by atoms with Crippen LogP contribution in [0, 0.1) is 11.8 Å². The molecule has 0 radical (unpaired) electrons. The molecule has 2 aliphatic heterocycles. The molecule has 0 saturated heterocycles. The summed E-state index contributed by atoms with van der Waals surface area (Å²) in [6.45, 7) is 4.71. The van der Waals surface area contributed by atoms with Gasteiger partial charge in [-0.2, -0.15) is 0 Å². The monoisotopic (exact) mass is 474 g/mol. The third-order valence-corrected chi connectivity index (χ3v) is 8.11. The lowest BCUT2D eigenvalue weighted by Gasteiger charge is -2.37. The summed E-state index contributed by atoms with van der Waals surface area (Å²) >= 11 is 1.43. The van der Waals surface area contributed by atoms with E-state index in [1.807, 2.05) is 55.5 Å². The van der Waals surface area contributed by atoms with E-state index in [-0.39, 0.29) is 29.5 Å². The van der Waals surface area contributed by atoms with Gasteiger partial charge in [-0.15, -0.1) is 0 Å². The average Bonchev–Trinajstić information content (AvgIpc) is 3.39. The van der Waals surface area contributed by atoms with Crippen molar-refractivity contribution < 1.29 is 19.1 Å². The standard InChI is InChI=1S/C27H26N2O4S/c1-3-32-17-10-11-19-21(14-17)34-27(28-19)29-23(16-7-5-4-6-8-16)22-24(30)18-13-15(2)9-12-20(18)33-25(22)26(29)31/h4-8,10-11,14-15,18,20,23H,3,9,12-13H2,1-2H3. The van der Waals surface area contributed by atoms with E-state index in [0.717, 1.165) is 40.8 Å². The zero-order chi connectivity index (χ0) is 23.4. The number of ketones is 1. The number of fused-ring (bicyclic) bond motifs is 2. The van der Waals surface area contributed by atoms with Gasteiger partial charge in [-0.25, -0.2) is 4.98 Å². The van der Waals surface area contributed by atoms with Gasteiger partial charge in [0, 0.05) is 0 Å². The van der Waals surface area contributed by atoms with Crippen LogP contribution in [0.1, 0.15) is 44.7 Å². The van der Waals surface area contributed by atoms with E-state index in [1.165, 1.54) is 11.3 Å². The van der Waals surface area contributed by atoms with Crippen molar-refractivity contribution in [2.75, 3.05) is 11.5 Å². The Morgan fingerprint density at radius 1 is 1.15 bits per heavy atom. The van der Waals surface area contributed by atoms with Gasteiger partial charge in [0.05, 0.1) is 34.4 Å². The highest BCUT2D eigenvalue weighted by molar-refractivity contribution is 7.22. The van der Waals surface area contributed by atoms with E-state index in [4.69, 9.17) is 14.5 Å². The molecule has 34 heavy (non-hydrogen) atoms. The minimum atomic E-state index is -0.540. The molecule has 174 valence electrons. The van der Waals surface area contributed by atoms with E-state index in [0.29, 0.717) is 23.2 Å². The molecule has 4 atom stereocenters. The molecular weight excluding hydrogens is 448 g/mol. The first kappa shape index (κ1) is 21.4. The first-order valence-electron chi connectivity index (χ1n) is 11.9. The van der Waals surface area contributed by atoms with Crippen LogP contribution in [-0.4, -0.2) is 29.4 Å². The highest BCUT2D eigenvalue weighted by atomic mass is 32.1. The summed E-state index contributed by atoms with van der Waals surface area (Å²) in [4.78, 5) is 34.1. The van der Waals surface area contributed by atoms with Crippen LogP contribution in [0.2, 0.25) is 0 Å². The molecule has 1 amide bonds. The lowest BCUT2D eigenvalue weighted by molar-refractivity contribution is -0.132. The second kappa shape index (κ2) is 8.24. The van der Waals surface area contributed by atoms with Crippen molar-refractivity contribution in [3.8, 4) is 5.75 Å². The number of nitrogens with zero attached hydrogens (tertiary/aromatic N) is 2. The first-order chi connectivity index (χ1) is 16.5. The van der Waals surface area contributed by atoms with E-state index in [2.05, 4.69) is 6.92 Å². The predicted octanol–water partition coefficient (Wildman–Crippen LogP) is 5.44. The Morgan fingerprint density at radius 2 is 1.97 bits per heavy atom. The molecule has 6 nitrogen and oxygen atoms in total. The van der Waals surface area contributed by atoms with Crippen LogP contribution in [0.25, 0.3) is 10.2 Å². The van der Waals surface area contributed by atoms with Gasteiger partial charge in [0.2, 0.25) is 0 Å². The number of hydrogen-bond donors (Lipinski definition) is 0. The van der Waals surface area contributed by atoms with Crippen LogP contribution in [0.5, 0.6) is 5.75 Å². The van der Waals surface area contributed by atoms with Crippen molar-refractivity contribution in [1.82, 2.24) is 4.98 Å². The molecule has 7 heteroatoms. The number of anilines is 1. The second-order valence-electron chi connectivity index (χ2n) is 9.34. The molecule has 1 saturated carbocycles. The van der Waals surface area contributed by atoms with Crippen molar-refractivity contribution in [3.05, 3.63) is 65.4 Å². The van der Waals surface area contributed by atoms with Gasteiger partial charge >= 0.3 is 0 Å². The highest BCUT2D eigenvalue weighted by Gasteiger charge is 2.53. The van der Waals surface area contributed by atoms with Crippen LogP contribution in [-0.2, 0) is 14.3 Å². The van der Waals surface area contributed by atoms with Gasteiger partial charge < -0.3 is 9.47 Å². The van der Waals surface area contributed by atoms with Crippen molar-refractivity contribution >= 4 is 38.4 Å². The van der Waals surface area contributed by atoms with Crippen molar-refractivity contribution in [1.29, 1.82) is 0 Å². The zero-order valence-corrected chi connectivity index (χ0v) is 20.0. The van der Waals surface area contributed by atoms with Gasteiger partial charge in [-0.05, 0) is 55.9 Å². The van der Waals surface area contributed by atoms with E-state index in [1.54, 1.807) is 4.90 Å². The zero-order valence-electron chi connectivity index (χ0n) is 19.2. The maximum atomic E-state index is 13.8. The number of amides is 1. The Hall–Kier alpha value is -3.19. The molecule has 4 unspecified atom stereocenters. The van der Waals surface area contributed by atoms with Gasteiger partial charge in [-0.1, -0.05) is 48.6 Å². The number of aromatic nitrogens is 1. The number of Topliss-reactive ketones (excluding diaryl/α,β-unsaturated/α-hetero) is 1. The molecule has 1 aliphatic carbocycles. The fourth-order valence-electron chi connectivity index (χ4n) is 5.48. The van der Waals surface area contributed by atoms with Gasteiger partial charge in [0.25, 0.3) is 5.91 Å². The Labute approximate surface area is 202 Å². The molecule has 3 aliphatic rings. The summed E-state index contributed by atoms with van der Waals surface area (Å²) in [7, 11) is 0. The number of carbonyl (C=O) groups is 2. The van der Waals surface area contributed by atoms with Crippen LogP contribution in [0.4, 0.5) is 5.13 Å². The number of hydrogen-bond acceptors (Lipinski definition) is 6. The summed E-state index contributed by atoms with van der Waals surface area (Å²) in [5.74, 6) is 1.05. The highest BCUT2D eigenvalue weighted by Crippen LogP contribution is 2.50. The first-order valence-corrected chi connectivity index (χ1v) is 12.7. The fourth-order valence-corrected chi connectivity index (χ4v) is 6.50. The number of carbonyl (C=O) groups excluding carboxylic acids is 2. The van der Waals surface area contributed by atoms with Crippen molar-refractivity contribution in [3.63, 3.8) is 0 Å². The molecule has 0 N–H and O–H groups in total. The van der Waals surface area contributed by atoms with Crippen molar-refractivity contribution in [2.24, 2.45) is 11.8 Å². The summed E-state index contributed by atoms with van der Waals surface area (Å²) < 4.78 is 12.9. The number of rotatable bonds is 4. The SMILES string of the molecule is CCOc1ccc2nc(N3C(=O)C4=C(C(=O)C5CC(C)CCC5O4)C3c3ccccc3)sc2c1. The quantitative estimate of drug-likeness (QED) is 0.504. The van der Waals surface area contributed by atoms with Crippen LogP contribution >= 0.6 is 11.3 Å². The molecule has 3 heterocycles. The minimum Gasteiger partial charge on any atom is -0.494 e. The third kappa shape index (κ3) is 3.33. The Morgan fingerprint density at radius 3 is 2.76 bits per heavy atom. The third-order valence-electron chi connectivity index (χ3n) is 7.09. The Kier molecular flexibility index (Phi) is 5.17. The van der Waals surface area contributed by atoms with Gasteiger partial charge in [0.15, 0.2) is 16.7 Å². The van der Waals surface area contributed by atoms with Gasteiger partial charge in [-0.3, -0.25) is 14.5 Å². The maximum Gasteiger partial charge on any atom is 0.296 e. The topological polar surface area (TPSA) is 68.7 Å². The molecular formula is C27H26N2O4S. The molecule has 1 fully saturated rings. The number of ether oxygens (including phenoxy) is 2. The molecule has 0 spiro atoms. The minimum absolute atomic E-state index is 0.0576. The van der Waals surface area contributed by atoms with Crippen LogP contribution in [0.3, 0.4) is 0 Å². The normalized spacial score (nSPS) is 26.5. The van der Waals surface area contributed by atoms with E-state index in [9.17, 15) is 9.59 Å². The van der Waals surface area contributed by atoms with Crippen LogP contribution in [0.15, 0.2) is 59.9 Å². The number of thiazole rings is 1. The summed E-state index contributed by atoms with van der Waals surface area (Å²) in [5, 5.41) is 0.560. The van der Waals surface area contributed by atoms with E-state index < -0.39 is 6.04 Å². The molecule has 3 aromatic rings. The lowest BCUT2D eigenvalue weighted by atomic mass is 9.74. The Bertz CT molecular complexity index is 1310. The summed E-state index contributed by atoms with van der Waals surface area (Å²) in [6.07, 6.45) is 2.40. The van der Waals surface area contributed by atoms with E-state index >= 15 is 0 Å². The lowest BCUT2D eigenvalue weighted by Crippen LogP contribution is -2.41. The average molecular weight is 475 g/mol. The molecule has 1 aromatic heterocycles. The molecule has 6 rings (SSSR count). The predicted molar refractivity (Wildman–Crippen MR) is 131 cm³/mol. The maximum absolute atomic E-state index is 13.8. The Balaban J connectivity index is 1.46. The van der Waals surface area contributed by atoms with Crippen LogP contribution < -0.4 is 9.64 Å². The fraction of sp³-hybridized carbons (Fsp3) is 0.370. The smallest absolute Gasteiger partial charge is 0.296 e. The molecule has 2 aromatic carbocycles. The van der Waals surface area contributed by atoms with Crippen molar-refractivity contribution in [2.45, 2.75) is 45.3 Å². The summed E-state index contributed by atoms with van der Waals surface area (Å²) in [6, 6.07) is 14.9. The summed E-state index contributed by atoms with van der Waals surface area (Å²) in [5.41, 5.74) is 2.16. The van der Waals surface area contributed by atoms with Gasteiger partial charge in [0.1, 0.15) is 11.9 Å². The molecule has 0 bridgehead atoms.